The number of aliphatic carboxylic acids is 1. The molecule has 10 N–H and O–H groups in total. The molecule has 5 amide bonds. The minimum Gasteiger partial charge on any atom is -0.480 e. The van der Waals surface area contributed by atoms with Crippen LogP contribution in [0.3, 0.4) is 0 Å². The summed E-state index contributed by atoms with van der Waals surface area (Å²) in [5, 5.41) is 23.8. The van der Waals surface area contributed by atoms with E-state index < -0.39 is 23.8 Å². The Morgan fingerprint density at radius 1 is 1.02 bits per heavy atom. The van der Waals surface area contributed by atoms with Crippen molar-refractivity contribution in [2.45, 2.75) is 68.4 Å². The number of unbranched alkanes of at least 4 members (excludes halogenated alkanes) is 1. The molecule has 2 fully saturated rings. The summed E-state index contributed by atoms with van der Waals surface area (Å²) >= 11 is 1.84. The van der Waals surface area contributed by atoms with Crippen LogP contribution >= 0.6 is 11.8 Å². The first kappa shape index (κ1) is 36.8. The number of nitrogens with zero attached hydrogens (tertiary/aromatic N) is 5. The lowest BCUT2D eigenvalue weighted by Crippen LogP contribution is -2.42. The number of urea groups is 1. The number of aromatic nitrogens is 4. The third-order valence-corrected chi connectivity index (χ3v) is 10.1. The molecule has 0 unspecified atom stereocenters. The van der Waals surface area contributed by atoms with Gasteiger partial charge in [-0.3, -0.25) is 14.4 Å². The zero-order valence-corrected chi connectivity index (χ0v) is 28.9. The Labute approximate surface area is 297 Å². The van der Waals surface area contributed by atoms with Crippen LogP contribution in [0.4, 0.5) is 22.2 Å². The third kappa shape index (κ3) is 10.1. The Bertz CT molecular complexity index is 1760. The Morgan fingerprint density at radius 2 is 1.75 bits per heavy atom. The third-order valence-electron chi connectivity index (χ3n) is 8.58. The molecule has 272 valence electrons. The molecule has 2 aliphatic rings. The summed E-state index contributed by atoms with van der Waals surface area (Å²) in [6.07, 6.45) is 4.20. The van der Waals surface area contributed by atoms with E-state index in [1.165, 1.54) is 0 Å². The van der Waals surface area contributed by atoms with Crippen LogP contribution in [-0.2, 0) is 20.9 Å². The lowest BCUT2D eigenvalue weighted by molar-refractivity contribution is -0.139. The van der Waals surface area contributed by atoms with E-state index in [0.29, 0.717) is 35.1 Å². The summed E-state index contributed by atoms with van der Waals surface area (Å²) in [6.45, 7) is 0.787. The van der Waals surface area contributed by atoms with Gasteiger partial charge in [0, 0.05) is 55.2 Å². The Hall–Kier alpha value is -5.46. The van der Waals surface area contributed by atoms with Crippen LogP contribution in [0.25, 0.3) is 11.2 Å². The van der Waals surface area contributed by atoms with Crippen LogP contribution in [0.2, 0.25) is 0 Å². The van der Waals surface area contributed by atoms with Gasteiger partial charge in [-0.15, -0.1) is 0 Å². The van der Waals surface area contributed by atoms with Crippen molar-refractivity contribution in [2.24, 2.45) is 0 Å². The van der Waals surface area contributed by atoms with Gasteiger partial charge in [-0.2, -0.15) is 21.7 Å². The fraction of sp³-hybridized carbons (Fsp3) is 0.469. The van der Waals surface area contributed by atoms with E-state index >= 15 is 0 Å². The standard InChI is InChI=1S/C32H42N12O6S/c1-44(15-18-14-37-28-26(38-18)27(33)42-31(34)43-28)19-8-6-17(7-9-19)29(47)39-20(30(48)49)10-11-24(46)36-13-12-35-23(45)5-3-2-4-22-25-21(16-51-22)40-32(50)41-25/h6-9,14,20-22,25H,2-5,10-13,15-16H2,1H3,(H,35,45)(H,36,46)(H,39,47)(H,48,49)(H2,40,41,50)(H4,33,34,37,42,43)/t20-,21+,22+,25+/m1/s1. The van der Waals surface area contributed by atoms with Gasteiger partial charge in [0.2, 0.25) is 17.8 Å². The summed E-state index contributed by atoms with van der Waals surface area (Å²) in [4.78, 5) is 79.3. The SMILES string of the molecule is CN(Cc1cnc2nc(N)nc(N)c2n1)c1ccc(C(=O)N[C@H](CCC(=O)NCCNC(=O)CCCC[C@@H]2SC[C@@H]3NC(=O)N[C@@H]32)C(=O)O)cc1. The number of rotatable bonds is 17. The molecule has 2 saturated heterocycles. The van der Waals surface area contributed by atoms with Gasteiger partial charge in [0.05, 0.1) is 30.5 Å². The van der Waals surface area contributed by atoms with E-state index in [1.54, 1.807) is 30.5 Å². The number of carboxylic acid groups (broad SMARTS) is 1. The van der Waals surface area contributed by atoms with Crippen molar-refractivity contribution < 1.29 is 29.1 Å². The molecule has 0 bridgehead atoms. The second-order valence-corrected chi connectivity index (χ2v) is 13.6. The average molecular weight is 723 g/mol. The quantitative estimate of drug-likeness (QED) is 0.0680. The largest absolute Gasteiger partial charge is 0.480 e. The van der Waals surface area contributed by atoms with Crippen LogP contribution in [-0.4, -0.2) is 104 Å². The molecular formula is C32H42N12O6S. The monoisotopic (exact) mass is 722 g/mol. The highest BCUT2D eigenvalue weighted by Crippen LogP contribution is 2.33. The highest BCUT2D eigenvalue weighted by Gasteiger charge is 2.42. The second-order valence-electron chi connectivity index (χ2n) is 12.4. The van der Waals surface area contributed by atoms with E-state index in [1.807, 2.05) is 23.7 Å². The van der Waals surface area contributed by atoms with Crippen molar-refractivity contribution in [2.75, 3.05) is 42.3 Å². The van der Waals surface area contributed by atoms with Gasteiger partial charge >= 0.3 is 12.0 Å². The van der Waals surface area contributed by atoms with Crippen molar-refractivity contribution in [1.82, 2.24) is 46.5 Å². The van der Waals surface area contributed by atoms with Crippen molar-refractivity contribution in [3.63, 3.8) is 0 Å². The van der Waals surface area contributed by atoms with Crippen LogP contribution in [0.15, 0.2) is 30.5 Å². The molecule has 18 nitrogen and oxygen atoms in total. The molecule has 4 heterocycles. The Balaban J connectivity index is 0.973. The molecule has 1 aromatic carbocycles. The van der Waals surface area contributed by atoms with Crippen LogP contribution in [0.5, 0.6) is 0 Å². The molecule has 0 radical (unpaired) electrons. The van der Waals surface area contributed by atoms with Gasteiger partial charge in [0.15, 0.2) is 17.0 Å². The number of amides is 5. The van der Waals surface area contributed by atoms with Gasteiger partial charge in [-0.1, -0.05) is 6.42 Å². The normalized spacial score (nSPS) is 18.3. The van der Waals surface area contributed by atoms with E-state index in [9.17, 15) is 29.1 Å². The number of nitrogens with one attached hydrogen (secondary N) is 5. The first-order valence-electron chi connectivity index (χ1n) is 16.6. The minimum absolute atomic E-state index is 0.00847. The lowest BCUT2D eigenvalue weighted by Gasteiger charge is -2.19. The first-order valence-corrected chi connectivity index (χ1v) is 17.6. The fourth-order valence-corrected chi connectivity index (χ4v) is 7.43. The first-order chi connectivity index (χ1) is 24.5. The average Bonchev–Trinajstić information content (AvgIpc) is 3.66. The number of benzene rings is 1. The number of carbonyl (C=O) groups is 5. The molecule has 2 aliphatic heterocycles. The number of thioether (sulfide) groups is 1. The second kappa shape index (κ2) is 17.0. The highest BCUT2D eigenvalue weighted by molar-refractivity contribution is 8.00. The maximum absolute atomic E-state index is 12.8. The van der Waals surface area contributed by atoms with Gasteiger partial charge < -0.3 is 48.1 Å². The minimum atomic E-state index is -1.28. The molecule has 51 heavy (non-hydrogen) atoms. The van der Waals surface area contributed by atoms with Gasteiger partial charge in [0.25, 0.3) is 5.91 Å². The van der Waals surface area contributed by atoms with Gasteiger partial charge in [-0.05, 0) is 43.5 Å². The van der Waals surface area contributed by atoms with Crippen LogP contribution in [0, 0.1) is 0 Å². The summed E-state index contributed by atoms with van der Waals surface area (Å²) in [5.74, 6) is -1.33. The number of nitrogen functional groups attached to an aromatic ring is 2. The molecule has 0 aliphatic carbocycles. The van der Waals surface area contributed by atoms with Crippen LogP contribution in [0.1, 0.15) is 54.6 Å². The molecule has 2 aromatic heterocycles. The number of carboxylic acids is 1. The zero-order chi connectivity index (χ0) is 36.5. The van der Waals surface area contributed by atoms with Crippen molar-refractivity contribution >= 4 is 70.1 Å². The number of nitrogens with two attached hydrogens (primary N) is 2. The maximum Gasteiger partial charge on any atom is 0.326 e. The molecule has 19 heteroatoms. The van der Waals surface area contributed by atoms with Crippen molar-refractivity contribution in [3.05, 3.63) is 41.7 Å². The van der Waals surface area contributed by atoms with Crippen molar-refractivity contribution in [1.29, 1.82) is 0 Å². The zero-order valence-electron chi connectivity index (χ0n) is 28.1. The Kier molecular flexibility index (Phi) is 12.2. The number of carbonyl (C=O) groups excluding carboxylic acids is 4. The number of fused-ring (bicyclic) bond motifs is 2. The van der Waals surface area contributed by atoms with Gasteiger partial charge in [0.1, 0.15) is 6.04 Å². The van der Waals surface area contributed by atoms with E-state index in [0.717, 1.165) is 30.7 Å². The van der Waals surface area contributed by atoms with Crippen LogP contribution < -0.4 is 43.0 Å². The Morgan fingerprint density at radius 3 is 2.47 bits per heavy atom. The van der Waals surface area contributed by atoms with Crippen molar-refractivity contribution in [3.8, 4) is 0 Å². The van der Waals surface area contributed by atoms with E-state index in [2.05, 4.69) is 46.5 Å². The number of hydrogen-bond donors (Lipinski definition) is 8. The molecule has 4 atom stereocenters. The number of hydrogen-bond acceptors (Lipinski definition) is 13. The molecule has 5 rings (SSSR count). The fourth-order valence-electron chi connectivity index (χ4n) is 5.89. The highest BCUT2D eigenvalue weighted by atomic mass is 32.2. The lowest BCUT2D eigenvalue weighted by atomic mass is 10.0. The predicted molar refractivity (Wildman–Crippen MR) is 191 cm³/mol. The molecule has 0 saturated carbocycles. The summed E-state index contributed by atoms with van der Waals surface area (Å²) in [7, 11) is 1.83. The molecule has 0 spiro atoms. The maximum atomic E-state index is 12.8. The molecule has 3 aromatic rings. The topological polar surface area (TPSA) is 273 Å². The van der Waals surface area contributed by atoms with E-state index in [-0.39, 0.29) is 67.3 Å². The molecular weight excluding hydrogens is 680 g/mol. The van der Waals surface area contributed by atoms with E-state index in [4.69, 9.17) is 11.5 Å². The smallest absolute Gasteiger partial charge is 0.326 e. The summed E-state index contributed by atoms with van der Waals surface area (Å²) in [5.41, 5.74) is 13.8. The predicted octanol–water partition coefficient (Wildman–Crippen LogP) is 0.142. The summed E-state index contributed by atoms with van der Waals surface area (Å²) < 4.78 is 0. The summed E-state index contributed by atoms with van der Waals surface area (Å²) in [6, 6.07) is 5.50. The number of anilines is 3. The van der Waals surface area contributed by atoms with Gasteiger partial charge in [-0.25, -0.2) is 19.6 Å².